The van der Waals surface area contributed by atoms with Gasteiger partial charge >= 0.3 is 0 Å². The first-order valence-electron chi connectivity index (χ1n) is 6.60. The van der Waals surface area contributed by atoms with Crippen LogP contribution in [0.3, 0.4) is 0 Å². The van der Waals surface area contributed by atoms with Crippen molar-refractivity contribution < 1.29 is 9.90 Å². The highest BCUT2D eigenvalue weighted by atomic mass is 16.3. The summed E-state index contributed by atoms with van der Waals surface area (Å²) in [4.78, 5) is 14.0. The van der Waals surface area contributed by atoms with Crippen molar-refractivity contribution in [3.8, 4) is 0 Å². The van der Waals surface area contributed by atoms with Crippen LogP contribution in [-0.4, -0.2) is 44.9 Å². The van der Waals surface area contributed by atoms with Gasteiger partial charge in [-0.3, -0.25) is 9.48 Å². The molecule has 0 bridgehead atoms. The number of aliphatic hydroxyl groups excluding tert-OH is 1. The topological polar surface area (TPSA) is 58.4 Å². The quantitative estimate of drug-likeness (QED) is 0.879. The first-order valence-corrected chi connectivity index (χ1v) is 6.60. The molecule has 100 valence electrons. The van der Waals surface area contributed by atoms with Crippen molar-refractivity contribution in [3.63, 3.8) is 0 Å². The molecule has 2 rings (SSSR count). The van der Waals surface area contributed by atoms with Gasteiger partial charge < -0.3 is 10.0 Å². The molecule has 5 heteroatoms. The van der Waals surface area contributed by atoms with Crippen LogP contribution in [0.1, 0.15) is 48.9 Å². The van der Waals surface area contributed by atoms with Crippen molar-refractivity contribution in [2.24, 2.45) is 0 Å². The smallest absolute Gasteiger partial charge is 0.272 e. The molecule has 0 spiro atoms. The molecule has 0 unspecified atom stereocenters. The van der Waals surface area contributed by atoms with Gasteiger partial charge in [-0.05, 0) is 25.8 Å². The van der Waals surface area contributed by atoms with Crippen LogP contribution in [0.4, 0.5) is 0 Å². The Morgan fingerprint density at radius 3 is 2.61 bits per heavy atom. The maximum absolute atomic E-state index is 12.3. The molecule has 1 aliphatic heterocycles. The number of amides is 1. The maximum atomic E-state index is 12.3. The average molecular weight is 251 g/mol. The summed E-state index contributed by atoms with van der Waals surface area (Å²) in [5.41, 5.74) is 1.51. The zero-order valence-corrected chi connectivity index (χ0v) is 11.3. The fraction of sp³-hybridized carbons (Fsp3) is 0.692. The van der Waals surface area contributed by atoms with E-state index in [1.165, 1.54) is 0 Å². The Bertz CT molecular complexity index is 431. The zero-order chi connectivity index (χ0) is 13.3. The molecule has 0 aliphatic carbocycles. The summed E-state index contributed by atoms with van der Waals surface area (Å²) in [6, 6.07) is 2.11. The van der Waals surface area contributed by atoms with Gasteiger partial charge in [0.1, 0.15) is 5.69 Å². The Balaban J connectivity index is 2.24. The lowest BCUT2D eigenvalue weighted by atomic mass is 10.1. The maximum Gasteiger partial charge on any atom is 0.272 e. The largest absolute Gasteiger partial charge is 0.389 e. The molecular weight excluding hydrogens is 230 g/mol. The molecule has 0 radical (unpaired) electrons. The number of hydrogen-bond donors (Lipinski definition) is 1. The lowest BCUT2D eigenvalue weighted by molar-refractivity contribution is 0.00492. The number of nitrogens with zero attached hydrogens (tertiary/aromatic N) is 3. The molecule has 0 saturated carbocycles. The average Bonchev–Trinajstić information content (AvgIpc) is 2.68. The van der Waals surface area contributed by atoms with E-state index < -0.39 is 0 Å². The van der Waals surface area contributed by atoms with Gasteiger partial charge in [-0.2, -0.15) is 5.10 Å². The number of carbonyl (C=O) groups is 1. The van der Waals surface area contributed by atoms with E-state index in [0.29, 0.717) is 18.8 Å². The minimum absolute atomic E-state index is 0.0206. The summed E-state index contributed by atoms with van der Waals surface area (Å²) in [6.07, 6.45) is 1.56. The third kappa shape index (κ3) is 2.27. The molecule has 1 aliphatic rings. The van der Waals surface area contributed by atoms with Gasteiger partial charge in [0.15, 0.2) is 0 Å². The van der Waals surface area contributed by atoms with Gasteiger partial charge in [-0.1, -0.05) is 13.8 Å². The fourth-order valence-electron chi connectivity index (χ4n) is 2.37. The lowest BCUT2D eigenvalue weighted by Gasteiger charge is -2.36. The molecule has 2 heterocycles. The van der Waals surface area contributed by atoms with Crippen LogP contribution >= 0.6 is 0 Å². The second-order valence-electron chi connectivity index (χ2n) is 4.95. The molecule has 1 N–H and O–H groups in total. The fourth-order valence-corrected chi connectivity index (χ4v) is 2.37. The molecule has 18 heavy (non-hydrogen) atoms. The SMILES string of the molecule is CCC(CC)n1nc(C)cc1C(=O)N1CC(O)C1. The van der Waals surface area contributed by atoms with Gasteiger partial charge in [0.2, 0.25) is 0 Å². The van der Waals surface area contributed by atoms with Gasteiger partial charge in [0, 0.05) is 13.1 Å². The molecule has 0 aromatic carbocycles. The van der Waals surface area contributed by atoms with Crippen LogP contribution in [-0.2, 0) is 0 Å². The summed E-state index contributed by atoms with van der Waals surface area (Å²) in [6.45, 7) is 6.98. The van der Waals surface area contributed by atoms with Crippen molar-refractivity contribution in [2.75, 3.05) is 13.1 Å². The third-order valence-electron chi connectivity index (χ3n) is 3.51. The summed E-state index contributed by atoms with van der Waals surface area (Å²) >= 11 is 0. The molecule has 1 saturated heterocycles. The molecule has 1 aromatic rings. The number of aliphatic hydroxyl groups is 1. The number of β-amino-alcohol motifs (C(OH)–C–C–N with tert-alkyl or cyclic N) is 1. The van der Waals surface area contributed by atoms with E-state index in [4.69, 9.17) is 0 Å². The predicted molar refractivity (Wildman–Crippen MR) is 68.5 cm³/mol. The van der Waals surface area contributed by atoms with Crippen molar-refractivity contribution in [2.45, 2.75) is 45.8 Å². The van der Waals surface area contributed by atoms with Crippen LogP contribution in [0.5, 0.6) is 0 Å². The van der Waals surface area contributed by atoms with Crippen molar-refractivity contribution in [1.29, 1.82) is 0 Å². The number of rotatable bonds is 4. The van der Waals surface area contributed by atoms with Crippen LogP contribution in [0, 0.1) is 6.92 Å². The van der Waals surface area contributed by atoms with E-state index in [9.17, 15) is 9.90 Å². The number of aryl methyl sites for hydroxylation is 1. The minimum atomic E-state index is -0.362. The zero-order valence-electron chi connectivity index (χ0n) is 11.3. The molecule has 1 aromatic heterocycles. The van der Waals surface area contributed by atoms with Crippen LogP contribution in [0.15, 0.2) is 6.07 Å². The lowest BCUT2D eigenvalue weighted by Crippen LogP contribution is -2.53. The summed E-state index contributed by atoms with van der Waals surface area (Å²) < 4.78 is 1.85. The highest BCUT2D eigenvalue weighted by Gasteiger charge is 2.32. The Morgan fingerprint density at radius 1 is 1.50 bits per heavy atom. The summed E-state index contributed by atoms with van der Waals surface area (Å²) in [5, 5.41) is 13.7. The van der Waals surface area contributed by atoms with E-state index in [0.717, 1.165) is 18.5 Å². The minimum Gasteiger partial charge on any atom is -0.389 e. The number of carbonyl (C=O) groups excluding carboxylic acids is 1. The van der Waals surface area contributed by atoms with Gasteiger partial charge in [-0.15, -0.1) is 0 Å². The van der Waals surface area contributed by atoms with Gasteiger partial charge in [0.25, 0.3) is 5.91 Å². The van der Waals surface area contributed by atoms with E-state index in [-0.39, 0.29) is 18.1 Å². The molecule has 1 fully saturated rings. The van der Waals surface area contributed by atoms with Crippen LogP contribution in [0.25, 0.3) is 0 Å². The standard InChI is InChI=1S/C13H21N3O2/c1-4-10(5-2)16-12(6-9(3)14-16)13(18)15-7-11(17)8-15/h6,10-11,17H,4-5,7-8H2,1-3H3. The highest BCUT2D eigenvalue weighted by Crippen LogP contribution is 2.21. The van der Waals surface area contributed by atoms with Crippen molar-refractivity contribution in [1.82, 2.24) is 14.7 Å². The summed E-state index contributed by atoms with van der Waals surface area (Å²) in [5.74, 6) is -0.0206. The number of hydrogen-bond acceptors (Lipinski definition) is 3. The van der Waals surface area contributed by atoms with E-state index in [2.05, 4.69) is 18.9 Å². The van der Waals surface area contributed by atoms with E-state index in [1.54, 1.807) is 4.90 Å². The second kappa shape index (κ2) is 5.10. The van der Waals surface area contributed by atoms with E-state index >= 15 is 0 Å². The Hall–Kier alpha value is -1.36. The monoisotopic (exact) mass is 251 g/mol. The first kappa shape index (κ1) is 13.1. The van der Waals surface area contributed by atoms with E-state index in [1.807, 2.05) is 17.7 Å². The Kier molecular flexibility index (Phi) is 3.71. The molecule has 0 atom stereocenters. The van der Waals surface area contributed by atoms with Gasteiger partial charge in [-0.25, -0.2) is 0 Å². The highest BCUT2D eigenvalue weighted by molar-refractivity contribution is 5.93. The van der Waals surface area contributed by atoms with Crippen molar-refractivity contribution in [3.05, 3.63) is 17.5 Å². The third-order valence-corrected chi connectivity index (χ3v) is 3.51. The number of likely N-dealkylation sites (tertiary alicyclic amines) is 1. The summed E-state index contributed by atoms with van der Waals surface area (Å²) in [7, 11) is 0. The van der Waals surface area contributed by atoms with Crippen LogP contribution in [0.2, 0.25) is 0 Å². The first-order chi connectivity index (χ1) is 8.56. The predicted octanol–water partition coefficient (Wildman–Crippen LogP) is 1.37. The Labute approximate surface area is 107 Å². The second-order valence-corrected chi connectivity index (χ2v) is 4.95. The molecule has 5 nitrogen and oxygen atoms in total. The molecular formula is C13H21N3O2. The van der Waals surface area contributed by atoms with Crippen molar-refractivity contribution >= 4 is 5.91 Å². The van der Waals surface area contributed by atoms with Crippen LogP contribution < -0.4 is 0 Å². The normalized spacial score (nSPS) is 16.2. The molecule has 1 amide bonds. The Morgan fingerprint density at radius 2 is 2.11 bits per heavy atom. The van der Waals surface area contributed by atoms with Gasteiger partial charge in [0.05, 0.1) is 17.8 Å². The number of aromatic nitrogens is 2.